The lowest BCUT2D eigenvalue weighted by molar-refractivity contribution is -0.123. The van der Waals surface area contributed by atoms with Crippen LogP contribution in [0, 0.1) is 5.82 Å². The molecule has 1 aliphatic rings. The second-order valence-corrected chi connectivity index (χ2v) is 7.36. The predicted octanol–water partition coefficient (Wildman–Crippen LogP) is 4.74. The average molecular weight is 438 g/mol. The maximum Gasteiger partial charge on any atom is 0.293 e. The van der Waals surface area contributed by atoms with Gasteiger partial charge in [-0.05, 0) is 53.2 Å². The maximum atomic E-state index is 13.2. The Morgan fingerprint density at radius 2 is 1.72 bits per heavy atom. The first-order chi connectivity index (χ1) is 13.9. The molecule has 0 saturated carbocycles. The molecule has 2 amide bonds. The number of imide groups is 1. The summed E-state index contributed by atoms with van der Waals surface area (Å²) in [6.07, 6.45) is 1.57. The minimum absolute atomic E-state index is 0.0453. The zero-order chi connectivity index (χ0) is 21.1. The molecule has 3 rings (SSSR count). The van der Waals surface area contributed by atoms with Crippen LogP contribution < -0.4 is 14.2 Å². The van der Waals surface area contributed by atoms with Crippen LogP contribution in [0.2, 0.25) is 5.02 Å². The smallest absolute Gasteiger partial charge is 0.293 e. The zero-order valence-electron chi connectivity index (χ0n) is 15.8. The predicted molar refractivity (Wildman–Crippen MR) is 109 cm³/mol. The lowest BCUT2D eigenvalue weighted by Crippen LogP contribution is -2.27. The average Bonchev–Trinajstić information content (AvgIpc) is 2.96. The van der Waals surface area contributed by atoms with E-state index in [2.05, 4.69) is 0 Å². The van der Waals surface area contributed by atoms with Crippen LogP contribution in [0.25, 0.3) is 6.08 Å². The molecule has 0 unspecified atom stereocenters. The van der Waals surface area contributed by atoms with Crippen molar-refractivity contribution in [1.82, 2.24) is 4.90 Å². The number of methoxy groups -OCH3 is 3. The number of thioether (sulfide) groups is 1. The fraction of sp³-hybridized carbons (Fsp3) is 0.200. The van der Waals surface area contributed by atoms with E-state index in [0.29, 0.717) is 28.4 Å². The van der Waals surface area contributed by atoms with Gasteiger partial charge < -0.3 is 14.2 Å². The molecule has 2 aromatic carbocycles. The van der Waals surface area contributed by atoms with Gasteiger partial charge in [0, 0.05) is 5.02 Å². The van der Waals surface area contributed by atoms with E-state index in [4.69, 9.17) is 25.8 Å². The van der Waals surface area contributed by atoms with Crippen LogP contribution in [0.3, 0.4) is 0 Å². The lowest BCUT2D eigenvalue weighted by atomic mass is 10.1. The molecule has 9 heteroatoms. The Balaban J connectivity index is 1.90. The fourth-order valence-corrected chi connectivity index (χ4v) is 3.86. The van der Waals surface area contributed by atoms with Crippen molar-refractivity contribution in [2.24, 2.45) is 0 Å². The van der Waals surface area contributed by atoms with Gasteiger partial charge in [0.25, 0.3) is 11.1 Å². The molecule has 1 heterocycles. The highest BCUT2D eigenvalue weighted by Crippen LogP contribution is 2.40. The molecule has 6 nitrogen and oxygen atoms in total. The van der Waals surface area contributed by atoms with E-state index >= 15 is 0 Å². The molecule has 0 bridgehead atoms. The van der Waals surface area contributed by atoms with E-state index in [9.17, 15) is 14.0 Å². The topological polar surface area (TPSA) is 65.1 Å². The van der Waals surface area contributed by atoms with Gasteiger partial charge in [-0.15, -0.1) is 0 Å². The monoisotopic (exact) mass is 437 g/mol. The Hall–Kier alpha value is -2.71. The van der Waals surface area contributed by atoms with Gasteiger partial charge in [0.15, 0.2) is 11.5 Å². The molecule has 29 heavy (non-hydrogen) atoms. The van der Waals surface area contributed by atoms with Gasteiger partial charge in [-0.25, -0.2) is 4.39 Å². The SMILES string of the molecule is COc1cc(/C=C2/SC(=O)N(Cc3ccc(F)cc3Cl)C2=O)cc(OC)c1OC. The summed E-state index contributed by atoms with van der Waals surface area (Å²) in [4.78, 5) is 26.4. The number of hydrogen-bond acceptors (Lipinski definition) is 6. The van der Waals surface area contributed by atoms with Crippen molar-refractivity contribution in [3.63, 3.8) is 0 Å². The van der Waals surface area contributed by atoms with Crippen molar-refractivity contribution in [2.45, 2.75) is 6.54 Å². The number of amides is 2. The summed E-state index contributed by atoms with van der Waals surface area (Å²) >= 11 is 6.82. The highest BCUT2D eigenvalue weighted by atomic mass is 35.5. The van der Waals surface area contributed by atoms with Crippen LogP contribution in [0.5, 0.6) is 17.2 Å². The summed E-state index contributed by atoms with van der Waals surface area (Å²) in [5.41, 5.74) is 1.08. The molecule has 2 aromatic rings. The normalized spacial score (nSPS) is 15.2. The summed E-state index contributed by atoms with van der Waals surface area (Å²) in [7, 11) is 4.47. The molecule has 0 N–H and O–H groups in total. The van der Waals surface area contributed by atoms with Gasteiger partial charge in [0.05, 0.1) is 32.8 Å². The van der Waals surface area contributed by atoms with Gasteiger partial charge in [-0.1, -0.05) is 17.7 Å². The number of hydrogen-bond donors (Lipinski definition) is 0. The first-order valence-corrected chi connectivity index (χ1v) is 9.56. The lowest BCUT2D eigenvalue weighted by Gasteiger charge is -2.14. The van der Waals surface area contributed by atoms with E-state index in [0.717, 1.165) is 22.7 Å². The minimum Gasteiger partial charge on any atom is -0.493 e. The van der Waals surface area contributed by atoms with Crippen molar-refractivity contribution < 1.29 is 28.2 Å². The van der Waals surface area contributed by atoms with Crippen LogP contribution in [-0.4, -0.2) is 37.4 Å². The number of rotatable bonds is 6. The van der Waals surface area contributed by atoms with Gasteiger partial charge in [-0.2, -0.15) is 0 Å². The highest BCUT2D eigenvalue weighted by molar-refractivity contribution is 8.18. The minimum atomic E-state index is -0.491. The maximum absolute atomic E-state index is 13.2. The molecule has 152 valence electrons. The number of carbonyl (C=O) groups excluding carboxylic acids is 2. The van der Waals surface area contributed by atoms with Crippen LogP contribution in [0.15, 0.2) is 35.2 Å². The molecule has 1 aliphatic heterocycles. The van der Waals surface area contributed by atoms with Crippen molar-refractivity contribution in [2.75, 3.05) is 21.3 Å². The molecule has 0 radical (unpaired) electrons. The van der Waals surface area contributed by atoms with Gasteiger partial charge in [-0.3, -0.25) is 14.5 Å². The van der Waals surface area contributed by atoms with E-state index in [-0.39, 0.29) is 16.5 Å². The Morgan fingerprint density at radius 1 is 1.07 bits per heavy atom. The third kappa shape index (κ3) is 4.33. The molecule has 1 saturated heterocycles. The molecule has 0 aliphatic carbocycles. The molecule has 0 spiro atoms. The van der Waals surface area contributed by atoms with Crippen molar-refractivity contribution >= 4 is 40.6 Å². The van der Waals surface area contributed by atoms with E-state index in [1.807, 2.05) is 0 Å². The fourth-order valence-electron chi connectivity index (χ4n) is 2.79. The number of carbonyl (C=O) groups is 2. The van der Waals surface area contributed by atoms with Crippen LogP contribution in [-0.2, 0) is 11.3 Å². The van der Waals surface area contributed by atoms with Crippen molar-refractivity contribution in [3.8, 4) is 17.2 Å². The van der Waals surface area contributed by atoms with Gasteiger partial charge in [0.2, 0.25) is 5.75 Å². The molecular formula is C20H17ClFNO5S. The van der Waals surface area contributed by atoms with Crippen LogP contribution in [0.4, 0.5) is 9.18 Å². The summed E-state index contributed by atoms with van der Waals surface area (Å²) in [6, 6.07) is 7.16. The van der Waals surface area contributed by atoms with Crippen molar-refractivity contribution in [3.05, 3.63) is 57.2 Å². The van der Waals surface area contributed by atoms with E-state index in [1.165, 1.54) is 33.5 Å². The summed E-state index contributed by atoms with van der Waals surface area (Å²) in [6.45, 7) is -0.0453. The first kappa shape index (κ1) is 21.0. The van der Waals surface area contributed by atoms with Crippen LogP contribution in [0.1, 0.15) is 11.1 Å². The van der Waals surface area contributed by atoms with Gasteiger partial charge >= 0.3 is 0 Å². The third-order valence-electron chi connectivity index (χ3n) is 4.20. The van der Waals surface area contributed by atoms with Crippen LogP contribution >= 0.6 is 23.4 Å². The zero-order valence-corrected chi connectivity index (χ0v) is 17.4. The third-order valence-corrected chi connectivity index (χ3v) is 5.46. The molecule has 0 aromatic heterocycles. The number of ether oxygens (including phenoxy) is 3. The summed E-state index contributed by atoms with van der Waals surface area (Å²) in [5.74, 6) is 0.321. The van der Waals surface area contributed by atoms with Gasteiger partial charge in [0.1, 0.15) is 5.82 Å². The number of halogens is 2. The molecular weight excluding hydrogens is 421 g/mol. The molecule has 1 fully saturated rings. The van der Waals surface area contributed by atoms with E-state index in [1.54, 1.807) is 18.2 Å². The number of nitrogens with zero attached hydrogens (tertiary/aromatic N) is 1. The first-order valence-electron chi connectivity index (χ1n) is 8.37. The Kier molecular flexibility index (Phi) is 6.34. The quantitative estimate of drug-likeness (QED) is 0.608. The standard InChI is InChI=1S/C20H17ClFNO5S/c1-26-15-6-11(7-16(27-2)18(15)28-3)8-17-19(24)23(20(25)29-17)10-12-4-5-13(22)9-14(12)21/h4-9H,10H2,1-3H3/b17-8+. The Morgan fingerprint density at radius 3 is 2.28 bits per heavy atom. The van der Waals surface area contributed by atoms with Crippen molar-refractivity contribution in [1.29, 1.82) is 0 Å². The van der Waals surface area contributed by atoms with E-state index < -0.39 is 17.0 Å². The largest absolute Gasteiger partial charge is 0.493 e. The number of benzene rings is 2. The second kappa shape index (κ2) is 8.75. The second-order valence-electron chi connectivity index (χ2n) is 5.96. The molecule has 0 atom stereocenters. The summed E-state index contributed by atoms with van der Waals surface area (Å²) in [5, 5.41) is -0.285. The summed E-state index contributed by atoms with van der Waals surface area (Å²) < 4.78 is 29.1. The Bertz CT molecular complexity index is 985. The highest BCUT2D eigenvalue weighted by Gasteiger charge is 2.35. The Labute approximate surface area is 176 Å².